The van der Waals surface area contributed by atoms with Crippen LogP contribution in [0.25, 0.3) is 0 Å². The molecule has 2 rings (SSSR count). The van der Waals surface area contributed by atoms with Gasteiger partial charge in [0.15, 0.2) is 0 Å². The van der Waals surface area contributed by atoms with Crippen molar-refractivity contribution in [1.29, 1.82) is 0 Å². The van der Waals surface area contributed by atoms with Crippen LogP contribution in [0.1, 0.15) is 5.56 Å². The molecule has 4 nitrogen and oxygen atoms in total. The first-order valence-electron chi connectivity index (χ1n) is 5.64. The molecule has 0 aliphatic carbocycles. The fourth-order valence-corrected chi connectivity index (χ4v) is 2.91. The minimum atomic E-state index is -0.325. The quantitative estimate of drug-likeness (QED) is 0.643. The van der Waals surface area contributed by atoms with Gasteiger partial charge in [0, 0.05) is 30.9 Å². The third-order valence-corrected chi connectivity index (χ3v) is 4.33. The Hall–Kier alpha value is -1.46. The molecule has 0 spiro atoms. The Morgan fingerprint density at radius 2 is 1.84 bits per heavy atom. The number of halogens is 1. The van der Waals surface area contributed by atoms with Crippen molar-refractivity contribution >= 4 is 23.4 Å². The molecule has 6 heteroatoms. The van der Waals surface area contributed by atoms with Gasteiger partial charge in [-0.1, -0.05) is 29.8 Å². The van der Waals surface area contributed by atoms with Crippen LogP contribution >= 0.6 is 23.4 Å². The second-order valence-corrected chi connectivity index (χ2v) is 5.50. The van der Waals surface area contributed by atoms with E-state index in [2.05, 4.69) is 0 Å². The molecule has 0 aliphatic heterocycles. The summed E-state index contributed by atoms with van der Waals surface area (Å²) < 4.78 is 2.54. The molecular formula is C13H13ClN2O2S. The molecule has 0 amide bonds. The summed E-state index contributed by atoms with van der Waals surface area (Å²) in [5.74, 6) is 0.611. The van der Waals surface area contributed by atoms with Crippen molar-refractivity contribution in [2.75, 3.05) is 0 Å². The van der Waals surface area contributed by atoms with Crippen LogP contribution in [0.2, 0.25) is 5.02 Å². The van der Waals surface area contributed by atoms with Crippen LogP contribution in [-0.4, -0.2) is 9.13 Å². The lowest BCUT2D eigenvalue weighted by Gasteiger charge is -2.09. The molecule has 0 unspecified atom stereocenters. The lowest BCUT2D eigenvalue weighted by atomic mass is 10.2. The highest BCUT2D eigenvalue weighted by Crippen LogP contribution is 2.24. The van der Waals surface area contributed by atoms with Gasteiger partial charge in [0.05, 0.1) is 5.03 Å². The van der Waals surface area contributed by atoms with Crippen LogP contribution in [0.4, 0.5) is 0 Å². The summed E-state index contributed by atoms with van der Waals surface area (Å²) in [5, 5.41) is 1.32. The largest absolute Gasteiger partial charge is 0.331 e. The molecule has 0 saturated heterocycles. The van der Waals surface area contributed by atoms with Crippen LogP contribution < -0.4 is 11.2 Å². The lowest BCUT2D eigenvalue weighted by Crippen LogP contribution is -2.36. The summed E-state index contributed by atoms with van der Waals surface area (Å²) >= 11 is 7.49. The number of benzene rings is 1. The Morgan fingerprint density at radius 1 is 1.16 bits per heavy atom. The molecule has 1 aromatic heterocycles. The molecule has 0 radical (unpaired) electrons. The van der Waals surface area contributed by atoms with Crippen LogP contribution in [0, 0.1) is 0 Å². The van der Waals surface area contributed by atoms with Crippen molar-refractivity contribution in [3.8, 4) is 0 Å². The molecule has 0 aliphatic rings. The zero-order valence-corrected chi connectivity index (χ0v) is 12.2. The molecule has 1 aromatic carbocycles. The Bertz CT molecular complexity index is 721. The van der Waals surface area contributed by atoms with Gasteiger partial charge in [0.25, 0.3) is 5.56 Å². The van der Waals surface area contributed by atoms with E-state index in [1.807, 2.05) is 24.3 Å². The topological polar surface area (TPSA) is 44.0 Å². The summed E-state index contributed by atoms with van der Waals surface area (Å²) in [4.78, 5) is 23.4. The maximum atomic E-state index is 11.8. The first kappa shape index (κ1) is 14.0. The second-order valence-electron chi connectivity index (χ2n) is 4.10. The average Bonchev–Trinajstić information content (AvgIpc) is 2.40. The van der Waals surface area contributed by atoms with E-state index in [0.29, 0.717) is 15.8 Å². The van der Waals surface area contributed by atoms with E-state index in [0.717, 1.165) is 10.1 Å². The van der Waals surface area contributed by atoms with E-state index in [1.54, 1.807) is 7.05 Å². The predicted molar refractivity (Wildman–Crippen MR) is 77.9 cm³/mol. The molecule has 2 aromatic rings. The average molecular weight is 297 g/mol. The summed E-state index contributed by atoms with van der Waals surface area (Å²) in [7, 11) is 3.11. The number of nitrogens with zero attached hydrogens (tertiary/aromatic N) is 2. The number of thioether (sulfide) groups is 1. The van der Waals surface area contributed by atoms with Gasteiger partial charge in [-0.2, -0.15) is 0 Å². The van der Waals surface area contributed by atoms with Crippen molar-refractivity contribution in [1.82, 2.24) is 9.13 Å². The zero-order chi connectivity index (χ0) is 14.0. The predicted octanol–water partition coefficient (Wildman–Crippen LogP) is 2.03. The van der Waals surface area contributed by atoms with Crippen LogP contribution in [0.3, 0.4) is 0 Å². The van der Waals surface area contributed by atoms with E-state index in [4.69, 9.17) is 11.6 Å². The molecule has 100 valence electrons. The highest BCUT2D eigenvalue weighted by molar-refractivity contribution is 7.98. The minimum absolute atomic E-state index is 0.301. The number of aromatic nitrogens is 2. The number of rotatable bonds is 3. The van der Waals surface area contributed by atoms with E-state index < -0.39 is 0 Å². The molecule has 0 bridgehead atoms. The van der Waals surface area contributed by atoms with Crippen LogP contribution in [0.15, 0.2) is 44.9 Å². The Labute approximate surface area is 119 Å². The molecule has 0 N–H and O–H groups in total. The zero-order valence-electron chi connectivity index (χ0n) is 10.6. The van der Waals surface area contributed by atoms with Crippen molar-refractivity contribution in [3.63, 3.8) is 0 Å². The van der Waals surface area contributed by atoms with Gasteiger partial charge in [-0.15, -0.1) is 11.8 Å². The molecular weight excluding hydrogens is 284 g/mol. The van der Waals surface area contributed by atoms with Crippen LogP contribution in [-0.2, 0) is 19.8 Å². The second kappa shape index (κ2) is 5.67. The van der Waals surface area contributed by atoms with Gasteiger partial charge >= 0.3 is 5.69 Å². The standard InChI is InChI=1S/C13H13ClN2O2S/c1-15-11(17)7-12(16(2)13(15)18)19-8-9-5-3-4-6-10(9)14/h3-7H,8H2,1-2H3. The maximum Gasteiger partial charge on any atom is 0.331 e. The third kappa shape index (κ3) is 2.93. The van der Waals surface area contributed by atoms with Crippen molar-refractivity contribution in [3.05, 3.63) is 61.8 Å². The lowest BCUT2D eigenvalue weighted by molar-refractivity contribution is 0.636. The monoisotopic (exact) mass is 296 g/mol. The van der Waals surface area contributed by atoms with Gasteiger partial charge < -0.3 is 0 Å². The smallest absolute Gasteiger partial charge is 0.291 e. The maximum absolute atomic E-state index is 11.8. The fraction of sp³-hybridized carbons (Fsp3) is 0.231. The summed E-state index contributed by atoms with van der Waals surface area (Å²) in [6.45, 7) is 0. The molecule has 0 saturated carbocycles. The van der Waals surface area contributed by atoms with Crippen molar-refractivity contribution in [2.24, 2.45) is 14.1 Å². The normalized spacial score (nSPS) is 10.7. The summed E-state index contributed by atoms with van der Waals surface area (Å²) in [6, 6.07) is 8.98. The Morgan fingerprint density at radius 3 is 2.53 bits per heavy atom. The van der Waals surface area contributed by atoms with E-state index in [9.17, 15) is 9.59 Å². The van der Waals surface area contributed by atoms with E-state index >= 15 is 0 Å². The Kier molecular flexibility index (Phi) is 4.17. The Balaban J connectivity index is 2.29. The SMILES string of the molecule is Cn1c(SCc2ccccc2Cl)cc(=O)n(C)c1=O. The van der Waals surface area contributed by atoms with Gasteiger partial charge in [-0.3, -0.25) is 13.9 Å². The summed E-state index contributed by atoms with van der Waals surface area (Å²) in [6.07, 6.45) is 0. The molecule has 0 atom stereocenters. The van der Waals surface area contributed by atoms with E-state index in [1.165, 1.54) is 29.4 Å². The van der Waals surface area contributed by atoms with Gasteiger partial charge in [0.1, 0.15) is 0 Å². The first-order chi connectivity index (χ1) is 9.00. The van der Waals surface area contributed by atoms with Crippen LogP contribution in [0.5, 0.6) is 0 Å². The van der Waals surface area contributed by atoms with Gasteiger partial charge in [-0.25, -0.2) is 4.79 Å². The molecule has 0 fully saturated rings. The fourth-order valence-electron chi connectivity index (χ4n) is 1.62. The molecule has 1 heterocycles. The highest BCUT2D eigenvalue weighted by Gasteiger charge is 2.07. The van der Waals surface area contributed by atoms with E-state index in [-0.39, 0.29) is 11.2 Å². The summed E-state index contributed by atoms with van der Waals surface area (Å²) in [5.41, 5.74) is 0.348. The number of hydrogen-bond acceptors (Lipinski definition) is 3. The van der Waals surface area contributed by atoms with Gasteiger partial charge in [0.2, 0.25) is 0 Å². The van der Waals surface area contributed by atoms with Crippen molar-refractivity contribution in [2.45, 2.75) is 10.8 Å². The van der Waals surface area contributed by atoms with Crippen molar-refractivity contribution < 1.29 is 0 Å². The highest BCUT2D eigenvalue weighted by atomic mass is 35.5. The third-order valence-electron chi connectivity index (χ3n) is 2.82. The minimum Gasteiger partial charge on any atom is -0.291 e. The molecule has 19 heavy (non-hydrogen) atoms. The van der Waals surface area contributed by atoms with Gasteiger partial charge in [-0.05, 0) is 11.6 Å². The first-order valence-corrected chi connectivity index (χ1v) is 7.00. The number of hydrogen-bond donors (Lipinski definition) is 0.